The highest BCUT2D eigenvalue weighted by molar-refractivity contribution is 5.91. The van der Waals surface area contributed by atoms with Gasteiger partial charge in [0.15, 0.2) is 0 Å². The zero-order valence-corrected chi connectivity index (χ0v) is 10.4. The Balaban J connectivity index is 2.00. The number of fused-ring (bicyclic) bond motifs is 2. The molecule has 1 aliphatic heterocycles. The predicted molar refractivity (Wildman–Crippen MR) is 71.0 cm³/mol. The number of ether oxygens (including phenoxy) is 1. The van der Waals surface area contributed by atoms with Gasteiger partial charge in [-0.15, -0.1) is 0 Å². The molecule has 0 N–H and O–H groups in total. The lowest BCUT2D eigenvalue weighted by atomic mass is 9.85. The van der Waals surface area contributed by atoms with Crippen LogP contribution in [0.15, 0.2) is 46.6 Å². The average Bonchev–Trinajstić information content (AvgIpc) is 2.80. The van der Waals surface area contributed by atoms with Crippen LogP contribution in [0, 0.1) is 6.92 Å². The Labute approximate surface area is 106 Å². The molecule has 2 aromatic rings. The topological polar surface area (TPSA) is 22.4 Å². The highest BCUT2D eigenvalue weighted by Gasteiger charge is 2.32. The highest BCUT2D eigenvalue weighted by atomic mass is 16.5. The van der Waals surface area contributed by atoms with Crippen molar-refractivity contribution in [1.29, 1.82) is 0 Å². The monoisotopic (exact) mass is 238 g/mol. The van der Waals surface area contributed by atoms with Crippen molar-refractivity contribution < 1.29 is 9.15 Å². The molecule has 0 bridgehead atoms. The summed E-state index contributed by atoms with van der Waals surface area (Å²) in [5.41, 5.74) is 4.63. The molecule has 0 fully saturated rings. The van der Waals surface area contributed by atoms with E-state index in [1.807, 2.05) is 6.26 Å². The Morgan fingerprint density at radius 3 is 2.94 bits per heavy atom. The molecular formula is C16H14O2. The molecule has 18 heavy (non-hydrogen) atoms. The van der Waals surface area contributed by atoms with E-state index in [0.29, 0.717) is 0 Å². The first-order valence-electron chi connectivity index (χ1n) is 6.28. The minimum Gasteiger partial charge on any atom is -0.485 e. The molecule has 2 atom stereocenters. The first-order chi connectivity index (χ1) is 8.74. The molecule has 2 heterocycles. The fourth-order valence-electron chi connectivity index (χ4n) is 2.94. The fraction of sp³-hybridized carbons (Fsp3) is 0.250. The van der Waals surface area contributed by atoms with Gasteiger partial charge in [0.05, 0.1) is 11.6 Å². The van der Waals surface area contributed by atoms with E-state index in [1.54, 1.807) is 0 Å². The van der Waals surface area contributed by atoms with Crippen LogP contribution in [0.3, 0.4) is 0 Å². The van der Waals surface area contributed by atoms with E-state index in [9.17, 15) is 0 Å². The van der Waals surface area contributed by atoms with E-state index >= 15 is 0 Å². The van der Waals surface area contributed by atoms with E-state index in [-0.39, 0.29) is 12.0 Å². The van der Waals surface area contributed by atoms with Gasteiger partial charge in [-0.3, -0.25) is 0 Å². The first-order valence-corrected chi connectivity index (χ1v) is 6.28. The number of hydrogen-bond donors (Lipinski definition) is 0. The van der Waals surface area contributed by atoms with Crippen molar-refractivity contribution in [2.24, 2.45) is 0 Å². The van der Waals surface area contributed by atoms with Gasteiger partial charge in [0.25, 0.3) is 0 Å². The molecular weight excluding hydrogens is 224 g/mol. The first kappa shape index (κ1) is 10.0. The van der Waals surface area contributed by atoms with Gasteiger partial charge in [-0.05, 0) is 31.6 Å². The van der Waals surface area contributed by atoms with Gasteiger partial charge in [0.2, 0.25) is 0 Å². The lowest BCUT2D eigenvalue weighted by Gasteiger charge is -2.30. The second-order valence-electron chi connectivity index (χ2n) is 5.15. The third kappa shape index (κ3) is 1.18. The minimum atomic E-state index is 0.103. The maximum absolute atomic E-state index is 6.10. The van der Waals surface area contributed by atoms with Crippen LogP contribution in [0.5, 0.6) is 5.75 Å². The van der Waals surface area contributed by atoms with Gasteiger partial charge in [-0.2, -0.15) is 0 Å². The van der Waals surface area contributed by atoms with Crippen LogP contribution >= 0.6 is 0 Å². The van der Waals surface area contributed by atoms with E-state index in [4.69, 9.17) is 9.15 Å². The van der Waals surface area contributed by atoms with Gasteiger partial charge in [0.1, 0.15) is 17.4 Å². The lowest BCUT2D eigenvalue weighted by Crippen LogP contribution is -2.27. The quantitative estimate of drug-likeness (QED) is 0.689. The van der Waals surface area contributed by atoms with Crippen LogP contribution in [-0.4, -0.2) is 6.10 Å². The van der Waals surface area contributed by atoms with Gasteiger partial charge in [0, 0.05) is 11.5 Å². The zero-order chi connectivity index (χ0) is 12.3. The van der Waals surface area contributed by atoms with Crippen LogP contribution in [0.25, 0.3) is 11.0 Å². The third-order valence-corrected chi connectivity index (χ3v) is 3.88. The van der Waals surface area contributed by atoms with Crippen LogP contribution in [0.4, 0.5) is 0 Å². The summed E-state index contributed by atoms with van der Waals surface area (Å²) < 4.78 is 11.8. The second kappa shape index (κ2) is 3.29. The molecule has 0 radical (unpaired) electrons. The molecule has 2 heteroatoms. The normalized spacial score (nSPS) is 24.7. The van der Waals surface area contributed by atoms with E-state index in [2.05, 4.69) is 44.2 Å². The molecule has 1 aromatic heterocycles. The Hall–Kier alpha value is -1.96. The molecule has 2 aliphatic rings. The van der Waals surface area contributed by atoms with Crippen LogP contribution < -0.4 is 4.74 Å². The molecule has 0 spiro atoms. The summed E-state index contributed by atoms with van der Waals surface area (Å²) in [5.74, 6) is 1.23. The summed E-state index contributed by atoms with van der Waals surface area (Å²) in [6.07, 6.45) is 8.55. The Morgan fingerprint density at radius 2 is 2.06 bits per heavy atom. The molecule has 90 valence electrons. The number of benzene rings is 1. The van der Waals surface area contributed by atoms with Crippen molar-refractivity contribution in [3.8, 4) is 5.75 Å². The Bertz CT molecular complexity index is 703. The van der Waals surface area contributed by atoms with Crippen molar-refractivity contribution >= 4 is 11.0 Å². The Morgan fingerprint density at radius 1 is 1.17 bits per heavy atom. The summed E-state index contributed by atoms with van der Waals surface area (Å²) in [7, 11) is 0. The number of allylic oxidation sites excluding steroid dienone is 2. The molecule has 0 saturated carbocycles. The standard InChI is InChI=1S/C16H14O2/c1-9-3-5-11-12-8-17-16-10(2)4-6-13(15(12)16)18-14(11)7-9/h3-8,11,14H,1-2H3. The van der Waals surface area contributed by atoms with Crippen molar-refractivity contribution in [1.82, 2.24) is 0 Å². The lowest BCUT2D eigenvalue weighted by molar-refractivity contribution is 0.226. The molecule has 0 saturated heterocycles. The van der Waals surface area contributed by atoms with Crippen molar-refractivity contribution in [2.45, 2.75) is 25.9 Å². The average molecular weight is 238 g/mol. The van der Waals surface area contributed by atoms with Gasteiger partial charge < -0.3 is 9.15 Å². The minimum absolute atomic E-state index is 0.103. The smallest absolute Gasteiger partial charge is 0.140 e. The third-order valence-electron chi connectivity index (χ3n) is 3.88. The maximum atomic E-state index is 6.10. The maximum Gasteiger partial charge on any atom is 0.140 e. The molecule has 0 amide bonds. The molecule has 1 aliphatic carbocycles. The van der Waals surface area contributed by atoms with Crippen LogP contribution in [0.2, 0.25) is 0 Å². The zero-order valence-electron chi connectivity index (χ0n) is 10.4. The van der Waals surface area contributed by atoms with Crippen molar-refractivity contribution in [3.05, 3.63) is 53.3 Å². The van der Waals surface area contributed by atoms with E-state index in [1.165, 1.54) is 11.1 Å². The number of furan rings is 1. The Kier molecular flexibility index (Phi) is 1.83. The largest absolute Gasteiger partial charge is 0.485 e. The van der Waals surface area contributed by atoms with E-state index in [0.717, 1.165) is 22.3 Å². The second-order valence-corrected chi connectivity index (χ2v) is 5.15. The molecule has 1 aromatic carbocycles. The summed E-state index contributed by atoms with van der Waals surface area (Å²) in [5, 5.41) is 1.15. The van der Waals surface area contributed by atoms with Crippen LogP contribution in [0.1, 0.15) is 24.0 Å². The number of hydrogen-bond acceptors (Lipinski definition) is 2. The van der Waals surface area contributed by atoms with Crippen molar-refractivity contribution in [2.75, 3.05) is 0 Å². The molecule has 4 rings (SSSR count). The van der Waals surface area contributed by atoms with E-state index < -0.39 is 0 Å². The van der Waals surface area contributed by atoms with Gasteiger partial charge in [-0.1, -0.05) is 23.8 Å². The summed E-state index contributed by atoms with van der Waals surface area (Å²) in [6, 6.07) is 4.11. The van der Waals surface area contributed by atoms with Crippen molar-refractivity contribution in [3.63, 3.8) is 0 Å². The number of aryl methyl sites for hydroxylation is 1. The summed E-state index contributed by atoms with van der Waals surface area (Å²) in [4.78, 5) is 0. The summed E-state index contributed by atoms with van der Waals surface area (Å²) >= 11 is 0. The summed E-state index contributed by atoms with van der Waals surface area (Å²) in [6.45, 7) is 4.17. The SMILES string of the molecule is CC1=CC2Oc3ccc(C)c4occ(c34)C2C=C1. The molecule has 2 unspecified atom stereocenters. The molecule has 2 nitrogen and oxygen atoms in total. The highest BCUT2D eigenvalue weighted by Crippen LogP contribution is 2.44. The van der Waals surface area contributed by atoms with Gasteiger partial charge in [-0.25, -0.2) is 0 Å². The van der Waals surface area contributed by atoms with Gasteiger partial charge >= 0.3 is 0 Å². The van der Waals surface area contributed by atoms with Crippen LogP contribution in [-0.2, 0) is 0 Å². The number of rotatable bonds is 0. The fourth-order valence-corrected chi connectivity index (χ4v) is 2.94. The predicted octanol–water partition coefficient (Wildman–Crippen LogP) is 4.10.